The number of amides is 1. The van der Waals surface area contributed by atoms with Gasteiger partial charge in [0.05, 0.1) is 6.42 Å². The fourth-order valence-electron chi connectivity index (χ4n) is 3.93. The van der Waals surface area contributed by atoms with Crippen LogP contribution in [0.3, 0.4) is 0 Å². The van der Waals surface area contributed by atoms with E-state index in [9.17, 15) is 4.79 Å². The van der Waals surface area contributed by atoms with Crippen molar-refractivity contribution in [2.45, 2.75) is 32.1 Å². The summed E-state index contributed by atoms with van der Waals surface area (Å²) in [7, 11) is 0. The molecule has 0 saturated carbocycles. The number of aromatic nitrogens is 2. The van der Waals surface area contributed by atoms with Crippen molar-refractivity contribution in [1.82, 2.24) is 14.9 Å². The Hall–Kier alpha value is -2.14. The van der Waals surface area contributed by atoms with Crippen LogP contribution < -0.4 is 4.90 Å². The van der Waals surface area contributed by atoms with E-state index in [-0.39, 0.29) is 5.91 Å². The molecule has 0 radical (unpaired) electrons. The maximum Gasteiger partial charge on any atom is 0.227 e. The first-order chi connectivity index (χ1) is 12.6. The lowest BCUT2D eigenvalue weighted by Gasteiger charge is -2.36. The van der Waals surface area contributed by atoms with Gasteiger partial charge in [-0.05, 0) is 36.5 Å². The first kappa shape index (κ1) is 17.3. The molecule has 1 fully saturated rings. The van der Waals surface area contributed by atoms with Crippen molar-refractivity contribution in [3.05, 3.63) is 52.4 Å². The SMILES string of the molecule is C[C@@H]1CCc2ncnc(N3CCN(C(=O)Cc4ccc(Cl)cc4)CC3)c21. The summed E-state index contributed by atoms with van der Waals surface area (Å²) in [5.74, 6) is 1.77. The highest BCUT2D eigenvalue weighted by atomic mass is 35.5. The van der Waals surface area contributed by atoms with Crippen LogP contribution in [-0.4, -0.2) is 47.0 Å². The summed E-state index contributed by atoms with van der Waals surface area (Å²) in [4.78, 5) is 25.9. The van der Waals surface area contributed by atoms with Crippen molar-refractivity contribution in [3.8, 4) is 0 Å². The first-order valence-electron chi connectivity index (χ1n) is 9.23. The number of anilines is 1. The predicted molar refractivity (Wildman–Crippen MR) is 103 cm³/mol. The summed E-state index contributed by atoms with van der Waals surface area (Å²) >= 11 is 5.91. The molecule has 26 heavy (non-hydrogen) atoms. The molecule has 0 spiro atoms. The molecule has 2 aliphatic rings. The molecule has 1 atom stereocenters. The smallest absolute Gasteiger partial charge is 0.227 e. The molecule has 1 aliphatic carbocycles. The lowest BCUT2D eigenvalue weighted by molar-refractivity contribution is -0.130. The zero-order chi connectivity index (χ0) is 18.1. The molecule has 0 N–H and O–H groups in total. The fourth-order valence-corrected chi connectivity index (χ4v) is 4.06. The molecule has 2 aromatic rings. The van der Waals surface area contributed by atoms with Crippen molar-refractivity contribution in [3.63, 3.8) is 0 Å². The summed E-state index contributed by atoms with van der Waals surface area (Å²) in [5.41, 5.74) is 3.52. The summed E-state index contributed by atoms with van der Waals surface area (Å²) in [6.07, 6.45) is 4.31. The molecule has 6 heteroatoms. The Morgan fingerprint density at radius 3 is 2.62 bits per heavy atom. The van der Waals surface area contributed by atoms with E-state index in [1.807, 2.05) is 29.2 Å². The van der Waals surface area contributed by atoms with Gasteiger partial charge < -0.3 is 9.80 Å². The summed E-state index contributed by atoms with van der Waals surface area (Å²) < 4.78 is 0. The Bertz CT molecular complexity index is 800. The van der Waals surface area contributed by atoms with E-state index in [4.69, 9.17) is 11.6 Å². The molecule has 0 bridgehead atoms. The van der Waals surface area contributed by atoms with Crippen molar-refractivity contribution in [1.29, 1.82) is 0 Å². The van der Waals surface area contributed by atoms with Gasteiger partial charge in [-0.15, -0.1) is 0 Å². The molecule has 5 nitrogen and oxygen atoms in total. The minimum absolute atomic E-state index is 0.174. The highest BCUT2D eigenvalue weighted by molar-refractivity contribution is 6.30. The summed E-state index contributed by atoms with van der Waals surface area (Å²) in [5, 5.41) is 0.696. The second-order valence-corrected chi connectivity index (χ2v) is 7.60. The highest BCUT2D eigenvalue weighted by Gasteiger charge is 2.29. The fraction of sp³-hybridized carbons (Fsp3) is 0.450. The van der Waals surface area contributed by atoms with Crippen LogP contribution in [-0.2, 0) is 17.6 Å². The number of carbonyl (C=O) groups excluding carboxylic acids is 1. The molecular weight excluding hydrogens is 348 g/mol. The molecule has 1 aromatic heterocycles. The number of halogens is 1. The number of rotatable bonds is 3. The summed E-state index contributed by atoms with van der Waals surface area (Å²) in [6, 6.07) is 7.50. The largest absolute Gasteiger partial charge is 0.353 e. The molecule has 2 heterocycles. The van der Waals surface area contributed by atoms with Crippen LogP contribution in [0.5, 0.6) is 0 Å². The average molecular weight is 371 g/mol. The Labute approximate surface area is 159 Å². The molecule has 1 aliphatic heterocycles. The molecule has 0 unspecified atom stereocenters. The van der Waals surface area contributed by atoms with Gasteiger partial charge in [0.15, 0.2) is 0 Å². The Balaban J connectivity index is 1.39. The van der Waals surface area contributed by atoms with Crippen molar-refractivity contribution in [2.24, 2.45) is 0 Å². The number of aryl methyl sites for hydroxylation is 1. The van der Waals surface area contributed by atoms with Gasteiger partial charge in [-0.25, -0.2) is 9.97 Å². The lowest BCUT2D eigenvalue weighted by Crippen LogP contribution is -2.49. The van der Waals surface area contributed by atoms with E-state index in [1.54, 1.807) is 6.33 Å². The van der Waals surface area contributed by atoms with Crippen molar-refractivity contribution in [2.75, 3.05) is 31.1 Å². The number of hydrogen-bond donors (Lipinski definition) is 0. The number of fused-ring (bicyclic) bond motifs is 1. The van der Waals surface area contributed by atoms with Gasteiger partial charge in [0.1, 0.15) is 12.1 Å². The number of nitrogens with zero attached hydrogens (tertiary/aromatic N) is 4. The van der Waals surface area contributed by atoms with Crippen LogP contribution in [0.25, 0.3) is 0 Å². The maximum atomic E-state index is 12.6. The zero-order valence-corrected chi connectivity index (χ0v) is 15.7. The molecule has 1 saturated heterocycles. The van der Waals surface area contributed by atoms with Crippen LogP contribution in [0.15, 0.2) is 30.6 Å². The second kappa shape index (κ2) is 7.23. The van der Waals surface area contributed by atoms with Gasteiger partial charge in [0, 0.05) is 42.5 Å². The Morgan fingerprint density at radius 1 is 1.15 bits per heavy atom. The quantitative estimate of drug-likeness (QED) is 0.833. The third kappa shape index (κ3) is 3.40. The minimum atomic E-state index is 0.174. The van der Waals surface area contributed by atoms with Gasteiger partial charge in [-0.2, -0.15) is 0 Å². The molecule has 1 amide bonds. The van der Waals surface area contributed by atoms with Crippen molar-refractivity contribution < 1.29 is 4.79 Å². The number of hydrogen-bond acceptors (Lipinski definition) is 4. The minimum Gasteiger partial charge on any atom is -0.353 e. The molecule has 136 valence electrons. The van der Waals surface area contributed by atoms with E-state index < -0.39 is 0 Å². The van der Waals surface area contributed by atoms with Crippen LogP contribution in [0.2, 0.25) is 5.02 Å². The van der Waals surface area contributed by atoms with E-state index in [2.05, 4.69) is 21.8 Å². The van der Waals surface area contributed by atoms with Crippen LogP contribution >= 0.6 is 11.6 Å². The number of benzene rings is 1. The van der Waals surface area contributed by atoms with Gasteiger partial charge >= 0.3 is 0 Å². The van der Waals surface area contributed by atoms with E-state index in [0.717, 1.165) is 50.4 Å². The first-order valence-corrected chi connectivity index (χ1v) is 9.60. The predicted octanol–water partition coefficient (Wildman–Crippen LogP) is 3.07. The van der Waals surface area contributed by atoms with Crippen molar-refractivity contribution >= 4 is 23.3 Å². The van der Waals surface area contributed by atoms with Gasteiger partial charge in [0.25, 0.3) is 0 Å². The van der Waals surface area contributed by atoms with E-state index >= 15 is 0 Å². The van der Waals surface area contributed by atoms with Gasteiger partial charge in [0.2, 0.25) is 5.91 Å². The normalized spacial score (nSPS) is 19.5. The molecule has 1 aromatic carbocycles. The second-order valence-electron chi connectivity index (χ2n) is 7.17. The van der Waals surface area contributed by atoms with Gasteiger partial charge in [-0.1, -0.05) is 30.7 Å². The third-order valence-corrected chi connectivity index (χ3v) is 5.70. The summed E-state index contributed by atoms with van der Waals surface area (Å²) in [6.45, 7) is 5.37. The van der Waals surface area contributed by atoms with Gasteiger partial charge in [-0.3, -0.25) is 4.79 Å². The molecule has 4 rings (SSSR count). The third-order valence-electron chi connectivity index (χ3n) is 5.45. The van der Waals surface area contributed by atoms with Crippen LogP contribution in [0.4, 0.5) is 5.82 Å². The topological polar surface area (TPSA) is 49.3 Å². The van der Waals surface area contributed by atoms with Crippen LogP contribution in [0.1, 0.15) is 36.1 Å². The standard InChI is InChI=1S/C20H23ClN4O/c1-14-2-7-17-19(14)20(23-13-22-17)25-10-8-24(9-11-25)18(26)12-15-3-5-16(21)6-4-15/h3-6,13-14H,2,7-12H2,1H3/t14-/m1/s1. The average Bonchev–Trinajstić information content (AvgIpc) is 3.05. The molecular formula is C20H23ClN4O. The highest BCUT2D eigenvalue weighted by Crippen LogP contribution is 2.37. The van der Waals surface area contributed by atoms with Crippen LogP contribution in [0, 0.1) is 0 Å². The monoisotopic (exact) mass is 370 g/mol. The lowest BCUT2D eigenvalue weighted by atomic mass is 10.1. The maximum absolute atomic E-state index is 12.6. The number of carbonyl (C=O) groups is 1. The van der Waals surface area contributed by atoms with E-state index in [0.29, 0.717) is 17.4 Å². The van der Waals surface area contributed by atoms with E-state index in [1.165, 1.54) is 11.3 Å². The Kier molecular flexibility index (Phi) is 4.81. The Morgan fingerprint density at radius 2 is 1.88 bits per heavy atom. The zero-order valence-electron chi connectivity index (χ0n) is 15.0. The number of piperazine rings is 1.